The van der Waals surface area contributed by atoms with Gasteiger partial charge in [0.1, 0.15) is 17.2 Å². The lowest BCUT2D eigenvalue weighted by Crippen LogP contribution is -2.52. The van der Waals surface area contributed by atoms with Gasteiger partial charge < -0.3 is 24.8 Å². The number of benzene rings is 6. The van der Waals surface area contributed by atoms with Crippen molar-refractivity contribution >= 4 is 23.6 Å². The van der Waals surface area contributed by atoms with E-state index in [-0.39, 0.29) is 18.2 Å². The van der Waals surface area contributed by atoms with E-state index in [0.717, 1.165) is 55.9 Å². The SMILES string of the molecule is CC(C)(CC(=O)N[C@@H]1CCc2ccccc2N(Cc2ccc(-c3ccccc3-c3cn(C(c4ccccc4)(c4ccccc4)c4ccccc4)cn3)cc2)C1=O)NC(=O)OC(C)(C)C. The third-order valence-corrected chi connectivity index (χ3v) is 11.7. The van der Waals surface area contributed by atoms with Crippen LogP contribution in [0.25, 0.3) is 22.4 Å². The van der Waals surface area contributed by atoms with Crippen LogP contribution in [-0.2, 0) is 32.8 Å². The van der Waals surface area contributed by atoms with Crippen molar-refractivity contribution in [1.29, 1.82) is 0 Å². The van der Waals surface area contributed by atoms with Gasteiger partial charge in [-0.2, -0.15) is 0 Å². The molecule has 0 unspecified atom stereocenters. The Morgan fingerprint density at radius 1 is 0.688 bits per heavy atom. The molecular formula is C55H55N5O4. The van der Waals surface area contributed by atoms with Crippen LogP contribution in [0.2, 0.25) is 0 Å². The molecule has 64 heavy (non-hydrogen) atoms. The summed E-state index contributed by atoms with van der Waals surface area (Å²) in [4.78, 5) is 47.2. The molecule has 2 N–H and O–H groups in total. The van der Waals surface area contributed by atoms with Gasteiger partial charge in [0.2, 0.25) is 11.8 Å². The molecule has 0 radical (unpaired) electrons. The van der Waals surface area contributed by atoms with Crippen LogP contribution < -0.4 is 15.5 Å². The maximum Gasteiger partial charge on any atom is 0.408 e. The molecule has 1 aliphatic heterocycles. The summed E-state index contributed by atoms with van der Waals surface area (Å²) in [5, 5.41) is 5.79. The minimum absolute atomic E-state index is 0.0277. The Kier molecular flexibility index (Phi) is 12.4. The predicted molar refractivity (Wildman–Crippen MR) is 254 cm³/mol. The lowest BCUT2D eigenvalue weighted by Gasteiger charge is -2.37. The van der Waals surface area contributed by atoms with Crippen molar-refractivity contribution in [3.05, 3.63) is 204 Å². The van der Waals surface area contributed by atoms with Gasteiger partial charge in [-0.3, -0.25) is 9.59 Å². The molecule has 6 aromatic carbocycles. The van der Waals surface area contributed by atoms with Crippen molar-refractivity contribution in [1.82, 2.24) is 20.2 Å². The zero-order chi connectivity index (χ0) is 44.9. The van der Waals surface area contributed by atoms with Gasteiger partial charge in [0.05, 0.1) is 18.6 Å². The Morgan fingerprint density at radius 3 is 1.83 bits per heavy atom. The van der Waals surface area contributed by atoms with E-state index in [0.29, 0.717) is 19.4 Å². The monoisotopic (exact) mass is 849 g/mol. The number of carbonyl (C=O) groups excluding carboxylic acids is 3. The zero-order valence-corrected chi connectivity index (χ0v) is 37.1. The van der Waals surface area contributed by atoms with Gasteiger partial charge in [-0.15, -0.1) is 0 Å². The molecular weight excluding hydrogens is 795 g/mol. The van der Waals surface area contributed by atoms with Gasteiger partial charge in [-0.1, -0.05) is 158 Å². The van der Waals surface area contributed by atoms with Crippen LogP contribution in [0.5, 0.6) is 0 Å². The number of anilines is 1. The molecule has 8 rings (SSSR count). The fourth-order valence-corrected chi connectivity index (χ4v) is 8.84. The second-order valence-corrected chi connectivity index (χ2v) is 18.1. The number of ether oxygens (including phenoxy) is 1. The number of hydrogen-bond acceptors (Lipinski definition) is 5. The number of carbonyl (C=O) groups is 3. The van der Waals surface area contributed by atoms with E-state index in [2.05, 4.69) is 131 Å². The molecule has 0 bridgehead atoms. The summed E-state index contributed by atoms with van der Waals surface area (Å²) in [5.74, 6) is -0.511. The molecule has 1 aromatic heterocycles. The number of nitrogens with zero attached hydrogens (tertiary/aromatic N) is 3. The van der Waals surface area contributed by atoms with E-state index in [4.69, 9.17) is 9.72 Å². The lowest BCUT2D eigenvalue weighted by molar-refractivity contribution is -0.128. The molecule has 9 heteroatoms. The van der Waals surface area contributed by atoms with E-state index in [1.165, 1.54) is 0 Å². The summed E-state index contributed by atoms with van der Waals surface area (Å²) >= 11 is 0. The van der Waals surface area contributed by atoms with Crippen molar-refractivity contribution in [2.75, 3.05) is 4.90 Å². The molecule has 0 saturated carbocycles. The van der Waals surface area contributed by atoms with E-state index in [9.17, 15) is 14.4 Å². The van der Waals surface area contributed by atoms with E-state index in [1.54, 1.807) is 39.5 Å². The molecule has 1 atom stereocenters. The Labute approximate surface area is 376 Å². The average molecular weight is 850 g/mol. The van der Waals surface area contributed by atoms with Gasteiger partial charge in [0, 0.05) is 29.4 Å². The summed E-state index contributed by atoms with van der Waals surface area (Å²) in [6.45, 7) is 9.20. The summed E-state index contributed by atoms with van der Waals surface area (Å²) in [6.07, 6.45) is 4.53. The predicted octanol–water partition coefficient (Wildman–Crippen LogP) is 10.7. The summed E-state index contributed by atoms with van der Waals surface area (Å²) in [7, 11) is 0. The Morgan fingerprint density at radius 2 is 1.23 bits per heavy atom. The summed E-state index contributed by atoms with van der Waals surface area (Å²) < 4.78 is 7.64. The van der Waals surface area contributed by atoms with Gasteiger partial charge in [-0.05, 0) is 92.5 Å². The Bertz CT molecular complexity index is 2630. The van der Waals surface area contributed by atoms with Crippen LogP contribution in [0, 0.1) is 0 Å². The summed E-state index contributed by atoms with van der Waals surface area (Å²) in [5.41, 5.74) is 7.81. The second kappa shape index (κ2) is 18.2. The van der Waals surface area contributed by atoms with Crippen LogP contribution in [0.1, 0.15) is 75.3 Å². The molecule has 0 aliphatic carbocycles. The number of hydrogen-bond donors (Lipinski definition) is 2. The van der Waals surface area contributed by atoms with Crippen molar-refractivity contribution in [2.24, 2.45) is 0 Å². The van der Waals surface area contributed by atoms with E-state index in [1.807, 2.05) is 60.9 Å². The molecule has 0 fully saturated rings. The fourth-order valence-electron chi connectivity index (χ4n) is 8.84. The first-order valence-corrected chi connectivity index (χ1v) is 21.9. The number of amides is 3. The van der Waals surface area contributed by atoms with Crippen LogP contribution in [0.4, 0.5) is 10.5 Å². The molecule has 1 aliphatic rings. The lowest BCUT2D eigenvalue weighted by atomic mass is 9.76. The molecule has 324 valence electrons. The van der Waals surface area contributed by atoms with Crippen LogP contribution in [0.3, 0.4) is 0 Å². The van der Waals surface area contributed by atoms with Crippen molar-refractivity contribution < 1.29 is 19.1 Å². The zero-order valence-electron chi connectivity index (χ0n) is 37.1. The van der Waals surface area contributed by atoms with Crippen molar-refractivity contribution in [3.8, 4) is 22.4 Å². The molecule has 2 heterocycles. The highest BCUT2D eigenvalue weighted by atomic mass is 16.6. The van der Waals surface area contributed by atoms with E-state index < -0.39 is 28.8 Å². The third kappa shape index (κ3) is 9.39. The number of rotatable bonds is 12. The third-order valence-electron chi connectivity index (χ3n) is 11.7. The van der Waals surface area contributed by atoms with Crippen molar-refractivity contribution in [2.45, 2.75) is 83.1 Å². The first-order chi connectivity index (χ1) is 30.8. The highest BCUT2D eigenvalue weighted by Crippen LogP contribution is 2.42. The molecule has 7 aromatic rings. The second-order valence-electron chi connectivity index (χ2n) is 18.1. The maximum atomic E-state index is 14.4. The van der Waals surface area contributed by atoms with Crippen LogP contribution >= 0.6 is 0 Å². The Balaban J connectivity index is 1.06. The first-order valence-electron chi connectivity index (χ1n) is 21.9. The highest BCUT2D eigenvalue weighted by Gasteiger charge is 2.39. The topological polar surface area (TPSA) is 106 Å². The van der Waals surface area contributed by atoms with Crippen molar-refractivity contribution in [3.63, 3.8) is 0 Å². The molecule has 3 amide bonds. The van der Waals surface area contributed by atoms with Crippen LogP contribution in [0.15, 0.2) is 176 Å². The smallest absolute Gasteiger partial charge is 0.408 e. The molecule has 0 saturated heterocycles. The standard InChI is InChI=1S/C55H55N5O4/c1-53(2,3)64-52(63)58-54(4,5)35-50(61)57-47-34-33-41-19-15-18-28-49(41)60(51(47)62)36-39-29-31-40(32-30-39)45-26-16-17-27-46(45)48-37-59(38-56-48)55(42-20-9-6-10-21-42,43-22-11-7-12-23-43)44-24-13-8-14-25-44/h6-32,37-38,47H,33-36H2,1-5H3,(H,57,61)(H,58,63)/t47-/m1/s1. The largest absolute Gasteiger partial charge is 0.444 e. The minimum Gasteiger partial charge on any atom is -0.444 e. The average Bonchev–Trinajstić information content (AvgIpc) is 3.73. The van der Waals surface area contributed by atoms with Gasteiger partial charge in [-0.25, -0.2) is 9.78 Å². The highest BCUT2D eigenvalue weighted by molar-refractivity contribution is 6.00. The number of para-hydroxylation sites is 1. The van der Waals surface area contributed by atoms with E-state index >= 15 is 0 Å². The Hall–Kier alpha value is -7.26. The van der Waals surface area contributed by atoms with Gasteiger partial charge in [0.25, 0.3) is 0 Å². The number of nitrogens with one attached hydrogen (secondary N) is 2. The fraction of sp³-hybridized carbons (Fsp3) is 0.236. The van der Waals surface area contributed by atoms with Crippen LogP contribution in [-0.4, -0.2) is 44.6 Å². The molecule has 9 nitrogen and oxygen atoms in total. The number of imidazole rings is 1. The van der Waals surface area contributed by atoms with Gasteiger partial charge in [0.15, 0.2) is 0 Å². The summed E-state index contributed by atoms with van der Waals surface area (Å²) in [6, 6.07) is 55.6. The number of aromatic nitrogens is 2. The molecule has 0 spiro atoms. The quantitative estimate of drug-likeness (QED) is 0.119. The number of fused-ring (bicyclic) bond motifs is 1. The number of aryl methyl sites for hydroxylation is 1. The normalized spacial score (nSPS) is 14.3. The number of alkyl carbamates (subject to hydrolysis) is 1. The van der Waals surface area contributed by atoms with Gasteiger partial charge >= 0.3 is 6.09 Å². The maximum absolute atomic E-state index is 14.4. The minimum atomic E-state index is -0.902. The first kappa shape index (κ1) is 43.4.